The first-order chi connectivity index (χ1) is 31.7. The summed E-state index contributed by atoms with van der Waals surface area (Å²) in [7, 11) is 1.18. The molecule has 0 fully saturated rings. The third-order valence-electron chi connectivity index (χ3n) is 9.71. The van der Waals surface area contributed by atoms with Crippen LogP contribution in [0.15, 0.2) is 0 Å². The Hall–Kier alpha value is -5.74. The van der Waals surface area contributed by atoms with Gasteiger partial charge in [0.05, 0.1) is 25.2 Å². The molecular weight excluding hydrogens is 881 g/mol. The largest absolute Gasteiger partial charge is 0.453 e. The average molecular weight is 961 g/mol. The molecular formula is C40H80N16O11. The number of hydrogen-bond donors (Lipinski definition) is 14. The van der Waals surface area contributed by atoms with E-state index in [2.05, 4.69) is 31.3 Å². The lowest BCUT2D eigenvalue weighted by Gasteiger charge is -2.22. The molecule has 0 spiro atoms. The third kappa shape index (κ3) is 36.1. The molecule has 67 heavy (non-hydrogen) atoms. The summed E-state index contributed by atoms with van der Waals surface area (Å²) < 4.78 is 4.44. The van der Waals surface area contributed by atoms with Gasteiger partial charge in [-0.3, -0.25) is 43.2 Å². The van der Waals surface area contributed by atoms with Crippen molar-refractivity contribution in [2.45, 2.75) is 114 Å². The predicted molar refractivity (Wildman–Crippen MR) is 248 cm³/mol. The van der Waals surface area contributed by atoms with Gasteiger partial charge < -0.3 is 92.7 Å². The summed E-state index contributed by atoms with van der Waals surface area (Å²) in [5.74, 6) is -4.31. The van der Waals surface area contributed by atoms with E-state index in [4.69, 9.17) is 51.6 Å². The smallest absolute Gasteiger partial charge is 0.406 e. The molecule has 0 aliphatic carbocycles. The maximum absolute atomic E-state index is 12.6. The van der Waals surface area contributed by atoms with Gasteiger partial charge in [0.1, 0.15) is 26.2 Å². The standard InChI is InChI=1S/C21H40N8O7.C19H40N8O4/c1-36-21(35)28-11-8-18(32)29(12-16(30)26-9-4-2-6-14(22)19(24)33)13-17(31)27-10-5-3-7-15(23)20(25)34;20-8-7-18(30)27(12-16(28)25-9-3-1-5-14(22)11-21)13-17(29)26-10-4-2-6-15(23)19(24)31/h14-15H,2-13,22-23H2,1H3,(H2,24,33)(H2,25,34)(H,26,30)(H,27,31)(H,28,35);14-15H,1-13,20-23H2,(H2,24,31)(H,25,28)(H,26,29). The first kappa shape index (κ1) is 63.3. The lowest BCUT2D eigenvalue weighted by molar-refractivity contribution is -0.139. The molecule has 0 saturated heterocycles. The second kappa shape index (κ2) is 39.4. The minimum Gasteiger partial charge on any atom is -0.453 e. The number of carbonyl (C=O) groups is 10. The van der Waals surface area contributed by atoms with Crippen LogP contribution in [0.1, 0.15) is 89.9 Å². The van der Waals surface area contributed by atoms with Crippen LogP contribution in [0, 0.1) is 0 Å². The molecule has 0 radical (unpaired) electrons. The van der Waals surface area contributed by atoms with Gasteiger partial charge in [0, 0.05) is 64.7 Å². The van der Waals surface area contributed by atoms with Crippen molar-refractivity contribution >= 4 is 59.3 Å². The Bertz CT molecular complexity index is 1480. The van der Waals surface area contributed by atoms with Crippen molar-refractivity contribution in [1.29, 1.82) is 0 Å². The number of ether oxygens (including phenoxy) is 1. The number of nitrogens with zero attached hydrogens (tertiary/aromatic N) is 2. The van der Waals surface area contributed by atoms with E-state index in [1.165, 1.54) is 12.0 Å². The van der Waals surface area contributed by atoms with Crippen molar-refractivity contribution in [3.8, 4) is 0 Å². The van der Waals surface area contributed by atoms with E-state index in [9.17, 15) is 47.9 Å². The Balaban J connectivity index is 0. The highest BCUT2D eigenvalue weighted by Crippen LogP contribution is 2.02. The van der Waals surface area contributed by atoms with Crippen LogP contribution < -0.4 is 78.2 Å². The number of alkyl carbamates (subject to hydrolysis) is 1. The van der Waals surface area contributed by atoms with Gasteiger partial charge in [0.25, 0.3) is 0 Å². The van der Waals surface area contributed by atoms with Crippen molar-refractivity contribution < 1.29 is 52.7 Å². The van der Waals surface area contributed by atoms with Gasteiger partial charge in [-0.2, -0.15) is 0 Å². The number of unbranched alkanes of at least 4 members (excludes halogenated alkanes) is 4. The summed E-state index contributed by atoms with van der Waals surface area (Å²) in [6.45, 7) is 0.720. The van der Waals surface area contributed by atoms with E-state index in [1.807, 2.05) is 0 Å². The number of hydrogen-bond acceptors (Lipinski definition) is 17. The summed E-state index contributed by atoms with van der Waals surface area (Å²) in [6.07, 6.45) is 6.21. The van der Waals surface area contributed by atoms with Crippen LogP contribution in [0.5, 0.6) is 0 Å². The minimum atomic E-state index is -0.745. The molecule has 0 rings (SSSR count). The molecule has 0 bridgehead atoms. The molecule has 23 N–H and O–H groups in total. The summed E-state index contributed by atoms with van der Waals surface area (Å²) in [5, 5.41) is 13.1. The zero-order chi connectivity index (χ0) is 51.2. The Morgan fingerprint density at radius 1 is 0.448 bits per heavy atom. The molecule has 0 aliphatic heterocycles. The van der Waals surface area contributed by atoms with Crippen LogP contribution in [0.2, 0.25) is 0 Å². The minimum absolute atomic E-state index is 0.0362. The summed E-state index contributed by atoms with van der Waals surface area (Å²) in [4.78, 5) is 120. The second-order valence-corrected chi connectivity index (χ2v) is 15.6. The highest BCUT2D eigenvalue weighted by atomic mass is 16.5. The summed E-state index contributed by atoms with van der Waals surface area (Å²) in [5.41, 5.74) is 48.5. The monoisotopic (exact) mass is 961 g/mol. The molecule has 0 aromatic rings. The number of rotatable bonds is 37. The number of nitrogens with two attached hydrogens (primary N) is 9. The normalized spacial score (nSPS) is 12.3. The van der Waals surface area contributed by atoms with Crippen LogP contribution >= 0.6 is 0 Å². The first-order valence-electron chi connectivity index (χ1n) is 22.4. The number of nitrogens with one attached hydrogen (secondary N) is 5. The number of carbonyl (C=O) groups excluding carboxylic acids is 10. The Morgan fingerprint density at radius 2 is 0.761 bits per heavy atom. The van der Waals surface area contributed by atoms with Crippen molar-refractivity contribution in [2.24, 2.45) is 51.6 Å². The predicted octanol–water partition coefficient (Wildman–Crippen LogP) is -6.41. The summed E-state index contributed by atoms with van der Waals surface area (Å²) in [6, 6.07) is -2.23. The van der Waals surface area contributed by atoms with E-state index in [-0.39, 0.29) is 89.0 Å². The third-order valence-corrected chi connectivity index (χ3v) is 9.71. The van der Waals surface area contributed by atoms with Gasteiger partial charge in [-0.25, -0.2) is 4.79 Å². The van der Waals surface area contributed by atoms with Crippen molar-refractivity contribution in [3.63, 3.8) is 0 Å². The van der Waals surface area contributed by atoms with Gasteiger partial charge in [-0.05, 0) is 70.6 Å². The Kier molecular flexibility index (Phi) is 37.3. The average Bonchev–Trinajstić information content (AvgIpc) is 3.27. The molecule has 0 aromatic heterocycles. The Labute approximate surface area is 392 Å². The molecule has 0 saturated carbocycles. The van der Waals surface area contributed by atoms with Crippen molar-refractivity contribution in [2.75, 3.05) is 79.1 Å². The zero-order valence-electron chi connectivity index (χ0n) is 39.1. The van der Waals surface area contributed by atoms with Gasteiger partial charge in [0.2, 0.25) is 53.2 Å². The van der Waals surface area contributed by atoms with Gasteiger partial charge in [-0.15, -0.1) is 0 Å². The first-order valence-corrected chi connectivity index (χ1v) is 22.4. The fourth-order valence-corrected chi connectivity index (χ4v) is 5.62. The molecule has 0 aromatic carbocycles. The van der Waals surface area contributed by atoms with Crippen LogP contribution in [-0.4, -0.2) is 172 Å². The zero-order valence-corrected chi connectivity index (χ0v) is 39.1. The molecule has 27 heteroatoms. The fourth-order valence-electron chi connectivity index (χ4n) is 5.62. The van der Waals surface area contributed by atoms with Crippen LogP contribution in [-0.2, 0) is 47.9 Å². The molecule has 0 aliphatic rings. The molecule has 0 heterocycles. The lowest BCUT2D eigenvalue weighted by Crippen LogP contribution is -2.46. The summed E-state index contributed by atoms with van der Waals surface area (Å²) >= 11 is 0. The van der Waals surface area contributed by atoms with Gasteiger partial charge in [-0.1, -0.05) is 6.42 Å². The molecule has 386 valence electrons. The van der Waals surface area contributed by atoms with Crippen LogP contribution in [0.25, 0.3) is 0 Å². The van der Waals surface area contributed by atoms with Crippen molar-refractivity contribution in [3.05, 3.63) is 0 Å². The SMILES string of the molecule is COC(=O)NCCC(=O)N(CC(=O)NCCCCC(N)C(N)=O)CC(=O)NCCCCC(N)C(N)=O.NCCC(=O)N(CC(=O)NCCCCC(N)CN)CC(=O)NCCCCC(N)C(N)=O. The van der Waals surface area contributed by atoms with E-state index < -0.39 is 59.7 Å². The topological polar surface area (TPSA) is 481 Å². The number of primary amides is 3. The highest BCUT2D eigenvalue weighted by Gasteiger charge is 2.22. The van der Waals surface area contributed by atoms with Crippen LogP contribution in [0.3, 0.4) is 0 Å². The maximum atomic E-state index is 12.6. The number of methoxy groups -OCH3 is 1. The molecule has 10 amide bonds. The maximum Gasteiger partial charge on any atom is 0.406 e. The molecule has 4 atom stereocenters. The molecule has 27 nitrogen and oxygen atoms in total. The quantitative estimate of drug-likeness (QED) is 0.0258. The highest BCUT2D eigenvalue weighted by molar-refractivity contribution is 5.90. The lowest BCUT2D eigenvalue weighted by atomic mass is 10.1. The van der Waals surface area contributed by atoms with E-state index >= 15 is 0 Å². The van der Waals surface area contributed by atoms with E-state index in [1.54, 1.807) is 0 Å². The van der Waals surface area contributed by atoms with Crippen LogP contribution in [0.4, 0.5) is 4.79 Å². The fraction of sp³-hybridized carbons (Fsp3) is 0.750. The van der Waals surface area contributed by atoms with Gasteiger partial charge >= 0.3 is 6.09 Å². The van der Waals surface area contributed by atoms with E-state index in [0.717, 1.165) is 24.2 Å². The number of amides is 10. The molecule has 4 unspecified atom stereocenters. The Morgan fingerprint density at radius 3 is 1.04 bits per heavy atom. The van der Waals surface area contributed by atoms with Crippen molar-refractivity contribution in [1.82, 2.24) is 36.4 Å². The van der Waals surface area contributed by atoms with Gasteiger partial charge in [0.15, 0.2) is 0 Å². The second-order valence-electron chi connectivity index (χ2n) is 15.6. The van der Waals surface area contributed by atoms with E-state index in [0.29, 0.717) is 77.4 Å².